The Labute approximate surface area is 157 Å². The van der Waals surface area contributed by atoms with Crippen LogP contribution in [-0.4, -0.2) is 31.5 Å². The number of anilines is 2. The van der Waals surface area contributed by atoms with Gasteiger partial charge in [-0.25, -0.2) is 13.2 Å². The Kier molecular flexibility index (Phi) is 4.43. The third-order valence-electron chi connectivity index (χ3n) is 4.90. The van der Waals surface area contributed by atoms with Crippen LogP contribution in [-0.2, 0) is 10.0 Å². The van der Waals surface area contributed by atoms with E-state index in [1.165, 1.54) is 6.42 Å². The van der Waals surface area contributed by atoms with Crippen LogP contribution in [0.4, 0.5) is 11.4 Å². The molecule has 2 aromatic carbocycles. The molecule has 1 aliphatic heterocycles. The Morgan fingerprint density at radius 1 is 0.963 bits per heavy atom. The molecule has 8 heteroatoms. The lowest BCUT2D eigenvalue weighted by molar-refractivity contribution is 0.578. The van der Waals surface area contributed by atoms with Crippen molar-refractivity contribution in [1.82, 2.24) is 9.97 Å². The first kappa shape index (κ1) is 17.7. The number of nitrogens with one attached hydrogen (secondary N) is 3. The largest absolute Gasteiger partial charge is 0.370 e. The molecule has 3 aromatic rings. The molecule has 2 heterocycles. The fourth-order valence-electron chi connectivity index (χ4n) is 3.47. The van der Waals surface area contributed by atoms with Crippen LogP contribution >= 0.6 is 0 Å². The van der Waals surface area contributed by atoms with Gasteiger partial charge in [-0.3, -0.25) is 4.72 Å². The number of aromatic nitrogens is 2. The number of sulfonamides is 1. The molecule has 1 fully saturated rings. The van der Waals surface area contributed by atoms with Crippen LogP contribution in [0.2, 0.25) is 0 Å². The Morgan fingerprint density at radius 3 is 2.26 bits per heavy atom. The van der Waals surface area contributed by atoms with Crippen LogP contribution in [0.3, 0.4) is 0 Å². The van der Waals surface area contributed by atoms with Gasteiger partial charge in [-0.1, -0.05) is 17.7 Å². The second-order valence-corrected chi connectivity index (χ2v) is 8.64. The molecule has 27 heavy (non-hydrogen) atoms. The molecular formula is C19H22N4O3S. The van der Waals surface area contributed by atoms with E-state index < -0.39 is 10.0 Å². The lowest BCUT2D eigenvalue weighted by Crippen LogP contribution is -2.30. The van der Waals surface area contributed by atoms with E-state index in [1.54, 1.807) is 30.3 Å². The maximum absolute atomic E-state index is 12.9. The summed E-state index contributed by atoms with van der Waals surface area (Å²) >= 11 is 0. The van der Waals surface area contributed by atoms with Crippen molar-refractivity contribution in [2.45, 2.75) is 31.1 Å². The van der Waals surface area contributed by atoms with Gasteiger partial charge in [0.25, 0.3) is 10.0 Å². The molecule has 0 spiro atoms. The molecule has 1 saturated heterocycles. The van der Waals surface area contributed by atoms with Gasteiger partial charge < -0.3 is 14.9 Å². The van der Waals surface area contributed by atoms with Crippen molar-refractivity contribution in [1.29, 1.82) is 0 Å². The van der Waals surface area contributed by atoms with Crippen molar-refractivity contribution in [3.8, 4) is 0 Å². The fraction of sp³-hybridized carbons (Fsp3) is 0.316. The molecule has 0 amide bonds. The van der Waals surface area contributed by atoms with E-state index in [9.17, 15) is 13.2 Å². The van der Waals surface area contributed by atoms with E-state index >= 15 is 0 Å². The second-order valence-electron chi connectivity index (χ2n) is 6.96. The number of fused-ring (bicyclic) bond motifs is 1. The zero-order valence-corrected chi connectivity index (χ0v) is 15.9. The number of benzene rings is 2. The summed E-state index contributed by atoms with van der Waals surface area (Å²) in [5.74, 6) is 0. The summed E-state index contributed by atoms with van der Waals surface area (Å²) in [5.41, 5.74) is 3.18. The minimum atomic E-state index is -3.73. The molecular weight excluding hydrogens is 364 g/mol. The number of hydrogen-bond acceptors (Lipinski definition) is 4. The van der Waals surface area contributed by atoms with Crippen LogP contribution in [0.15, 0.2) is 46.1 Å². The first-order chi connectivity index (χ1) is 12.9. The summed E-state index contributed by atoms with van der Waals surface area (Å²) in [5, 5.41) is 0. The van der Waals surface area contributed by atoms with Gasteiger partial charge in [0.2, 0.25) is 0 Å². The zero-order valence-electron chi connectivity index (χ0n) is 15.1. The number of aromatic amines is 2. The van der Waals surface area contributed by atoms with Gasteiger partial charge in [0.15, 0.2) is 0 Å². The molecule has 0 unspecified atom stereocenters. The molecule has 0 bridgehead atoms. The number of hydrogen-bond donors (Lipinski definition) is 3. The highest BCUT2D eigenvalue weighted by Crippen LogP contribution is 2.33. The molecule has 4 rings (SSSR count). The van der Waals surface area contributed by atoms with Gasteiger partial charge in [0.05, 0.1) is 27.3 Å². The van der Waals surface area contributed by atoms with Crippen LogP contribution in [0.5, 0.6) is 0 Å². The van der Waals surface area contributed by atoms with Gasteiger partial charge in [-0.05, 0) is 50.5 Å². The van der Waals surface area contributed by atoms with Crippen molar-refractivity contribution < 1.29 is 8.42 Å². The van der Waals surface area contributed by atoms with Gasteiger partial charge in [0.1, 0.15) is 0 Å². The molecule has 142 valence electrons. The SMILES string of the molecule is Cc1ccc(S(=O)(=O)Nc2cc3[nH]c(=O)[nH]c3cc2N2CCCCC2)cc1. The highest BCUT2D eigenvalue weighted by Gasteiger charge is 2.21. The number of nitrogens with zero attached hydrogens (tertiary/aromatic N) is 1. The van der Waals surface area contributed by atoms with Crippen molar-refractivity contribution in [2.75, 3.05) is 22.7 Å². The average molecular weight is 386 g/mol. The topological polar surface area (TPSA) is 98.1 Å². The number of rotatable bonds is 4. The van der Waals surface area contributed by atoms with Gasteiger partial charge >= 0.3 is 5.69 Å². The van der Waals surface area contributed by atoms with Gasteiger partial charge in [-0.15, -0.1) is 0 Å². The maximum Gasteiger partial charge on any atom is 0.323 e. The summed E-state index contributed by atoms with van der Waals surface area (Å²) in [6.07, 6.45) is 3.29. The lowest BCUT2D eigenvalue weighted by Gasteiger charge is -2.30. The number of imidazole rings is 1. The fourth-order valence-corrected chi connectivity index (χ4v) is 4.54. The summed E-state index contributed by atoms with van der Waals surface area (Å²) in [6, 6.07) is 10.2. The molecule has 0 saturated carbocycles. The van der Waals surface area contributed by atoms with E-state index in [1.807, 2.05) is 13.0 Å². The third kappa shape index (κ3) is 3.57. The van der Waals surface area contributed by atoms with Crippen LogP contribution in [0, 0.1) is 6.92 Å². The summed E-state index contributed by atoms with van der Waals surface area (Å²) in [6.45, 7) is 3.63. The van der Waals surface area contributed by atoms with E-state index in [2.05, 4.69) is 19.6 Å². The summed E-state index contributed by atoms with van der Waals surface area (Å²) in [7, 11) is -3.73. The van der Waals surface area contributed by atoms with E-state index in [0.717, 1.165) is 37.2 Å². The third-order valence-corrected chi connectivity index (χ3v) is 6.29. The molecule has 7 nitrogen and oxygen atoms in total. The summed E-state index contributed by atoms with van der Waals surface area (Å²) in [4.78, 5) is 19.5. The molecule has 0 atom stereocenters. The van der Waals surface area contributed by atoms with E-state index in [0.29, 0.717) is 16.7 Å². The zero-order chi connectivity index (χ0) is 19.0. The number of H-pyrrole nitrogens is 2. The first-order valence-corrected chi connectivity index (χ1v) is 10.5. The molecule has 3 N–H and O–H groups in total. The Bertz CT molecular complexity index is 1120. The average Bonchev–Trinajstić information content (AvgIpc) is 3.01. The van der Waals surface area contributed by atoms with E-state index in [4.69, 9.17) is 0 Å². The Hall–Kier alpha value is -2.74. The first-order valence-electron chi connectivity index (χ1n) is 9.03. The van der Waals surface area contributed by atoms with Crippen LogP contribution in [0.25, 0.3) is 11.0 Å². The quantitative estimate of drug-likeness (QED) is 0.642. The minimum Gasteiger partial charge on any atom is -0.370 e. The Balaban J connectivity index is 1.78. The summed E-state index contributed by atoms with van der Waals surface area (Å²) < 4.78 is 28.5. The molecule has 0 radical (unpaired) electrons. The monoisotopic (exact) mass is 386 g/mol. The highest BCUT2D eigenvalue weighted by atomic mass is 32.2. The van der Waals surface area contributed by atoms with Crippen molar-refractivity contribution in [3.63, 3.8) is 0 Å². The predicted octanol–water partition coefficient (Wildman–Crippen LogP) is 2.96. The van der Waals surface area contributed by atoms with Crippen molar-refractivity contribution >= 4 is 32.4 Å². The maximum atomic E-state index is 12.9. The molecule has 0 aliphatic carbocycles. The molecule has 1 aromatic heterocycles. The van der Waals surface area contributed by atoms with Crippen molar-refractivity contribution in [2.24, 2.45) is 0 Å². The van der Waals surface area contributed by atoms with E-state index in [-0.39, 0.29) is 10.6 Å². The second kappa shape index (κ2) is 6.77. The standard InChI is InChI=1S/C19H22N4O3S/c1-13-5-7-14(8-6-13)27(25,26)22-17-11-15-16(21-19(24)20-15)12-18(17)23-9-3-2-4-10-23/h5-8,11-12,22H,2-4,9-10H2,1H3,(H2,20,21,24). The number of piperidine rings is 1. The van der Waals surface area contributed by atoms with Crippen LogP contribution in [0.1, 0.15) is 24.8 Å². The normalized spacial score (nSPS) is 15.2. The van der Waals surface area contributed by atoms with Gasteiger partial charge in [0, 0.05) is 13.1 Å². The molecule has 1 aliphatic rings. The smallest absolute Gasteiger partial charge is 0.323 e. The van der Waals surface area contributed by atoms with Crippen LogP contribution < -0.4 is 15.3 Å². The lowest BCUT2D eigenvalue weighted by atomic mass is 10.1. The number of aryl methyl sites for hydroxylation is 1. The van der Waals surface area contributed by atoms with Crippen molar-refractivity contribution in [3.05, 3.63) is 52.4 Å². The minimum absolute atomic E-state index is 0.209. The highest BCUT2D eigenvalue weighted by molar-refractivity contribution is 7.92. The van der Waals surface area contributed by atoms with Gasteiger partial charge in [-0.2, -0.15) is 0 Å². The predicted molar refractivity (Wildman–Crippen MR) is 107 cm³/mol. The Morgan fingerprint density at radius 2 is 1.59 bits per heavy atom.